The molecule has 10 heteroatoms. The van der Waals surface area contributed by atoms with Crippen molar-refractivity contribution in [1.82, 2.24) is 19.3 Å². The van der Waals surface area contributed by atoms with Gasteiger partial charge in [0.15, 0.2) is 5.69 Å². The Morgan fingerprint density at radius 2 is 1.97 bits per heavy atom. The number of nitrogen functional groups attached to an aromatic ring is 1. The molecule has 3 N–H and O–H groups in total. The van der Waals surface area contributed by atoms with Gasteiger partial charge in [0.1, 0.15) is 11.6 Å². The van der Waals surface area contributed by atoms with Gasteiger partial charge < -0.3 is 10.2 Å². The fraction of sp³-hybridized carbons (Fsp3) is 0.280. The van der Waals surface area contributed by atoms with Crippen LogP contribution in [-0.2, 0) is 24.3 Å². The first-order valence-electron chi connectivity index (χ1n) is 11.5. The number of unbranched alkanes of at least 4 members (excludes halogenated alkanes) is 1. The zero-order valence-electron chi connectivity index (χ0n) is 19.5. The van der Waals surface area contributed by atoms with Crippen LogP contribution in [0.5, 0.6) is 0 Å². The van der Waals surface area contributed by atoms with E-state index in [1.54, 1.807) is 23.0 Å². The molecule has 4 aromatic rings. The number of aromatic nitrogens is 4. The minimum atomic E-state index is -0.711. The third-order valence-corrected chi connectivity index (χ3v) is 5.70. The van der Waals surface area contributed by atoms with Crippen LogP contribution in [0.1, 0.15) is 37.5 Å². The van der Waals surface area contributed by atoms with E-state index in [4.69, 9.17) is 10.2 Å². The lowest BCUT2D eigenvalue weighted by atomic mass is 10.1. The van der Waals surface area contributed by atoms with E-state index in [1.165, 1.54) is 15.7 Å². The van der Waals surface area contributed by atoms with Crippen molar-refractivity contribution in [3.8, 4) is 5.69 Å². The monoisotopic (exact) mass is 476 g/mol. The zero-order valence-corrected chi connectivity index (χ0v) is 19.5. The van der Waals surface area contributed by atoms with E-state index in [0.29, 0.717) is 25.1 Å². The van der Waals surface area contributed by atoms with Gasteiger partial charge in [-0.3, -0.25) is 24.0 Å². The Bertz CT molecular complexity index is 1390. The molecular weight excluding hydrogens is 448 g/mol. The molecule has 0 unspecified atom stereocenters. The molecule has 0 aliphatic heterocycles. The van der Waals surface area contributed by atoms with Gasteiger partial charge in [0.05, 0.1) is 24.7 Å². The highest BCUT2D eigenvalue weighted by Gasteiger charge is 2.25. The molecule has 0 bridgehead atoms. The number of carbonyl (C=O) groups is 1. The molecular formula is C25H28N6O4. The van der Waals surface area contributed by atoms with Crippen molar-refractivity contribution in [3.63, 3.8) is 0 Å². The number of nitrogens with zero attached hydrogens (tertiary/aromatic N) is 4. The normalized spacial score (nSPS) is 11.0. The first kappa shape index (κ1) is 23.8. The molecule has 0 saturated heterocycles. The minimum absolute atomic E-state index is 0.00831. The van der Waals surface area contributed by atoms with Crippen molar-refractivity contribution in [2.24, 2.45) is 0 Å². The van der Waals surface area contributed by atoms with Gasteiger partial charge in [-0.1, -0.05) is 31.5 Å². The Morgan fingerprint density at radius 1 is 1.17 bits per heavy atom. The number of anilines is 2. The number of para-hydroxylation sites is 1. The van der Waals surface area contributed by atoms with E-state index in [1.807, 2.05) is 43.5 Å². The summed E-state index contributed by atoms with van der Waals surface area (Å²) in [6.45, 7) is 2.33. The highest BCUT2D eigenvalue weighted by atomic mass is 16.3. The zero-order chi connectivity index (χ0) is 24.8. The number of furan rings is 1. The van der Waals surface area contributed by atoms with Gasteiger partial charge in [-0.25, -0.2) is 9.48 Å². The molecule has 0 radical (unpaired) electrons. The summed E-state index contributed by atoms with van der Waals surface area (Å²) in [6.07, 6.45) is 7.13. The number of aromatic amines is 1. The van der Waals surface area contributed by atoms with Crippen LogP contribution in [0.3, 0.4) is 0 Å². The quantitative estimate of drug-likeness (QED) is 0.362. The largest absolute Gasteiger partial charge is 0.467 e. The van der Waals surface area contributed by atoms with E-state index < -0.39 is 11.2 Å². The lowest BCUT2D eigenvalue weighted by Crippen LogP contribution is -2.41. The van der Waals surface area contributed by atoms with Gasteiger partial charge in [0, 0.05) is 19.2 Å². The Kier molecular flexibility index (Phi) is 7.30. The molecule has 182 valence electrons. The first-order chi connectivity index (χ1) is 17.0. The number of nitrogens with one attached hydrogen (secondary N) is 1. The van der Waals surface area contributed by atoms with Crippen molar-refractivity contribution in [2.75, 3.05) is 10.6 Å². The Labute approximate surface area is 201 Å². The van der Waals surface area contributed by atoms with E-state index >= 15 is 0 Å². The van der Waals surface area contributed by atoms with Crippen LogP contribution in [0, 0.1) is 0 Å². The van der Waals surface area contributed by atoms with Crippen molar-refractivity contribution in [1.29, 1.82) is 0 Å². The van der Waals surface area contributed by atoms with Gasteiger partial charge in [0.2, 0.25) is 5.91 Å². The number of hydrogen-bond donors (Lipinski definition) is 2. The fourth-order valence-corrected chi connectivity index (χ4v) is 3.82. The number of hydrogen-bond acceptors (Lipinski definition) is 6. The molecule has 3 heterocycles. The van der Waals surface area contributed by atoms with E-state index in [2.05, 4.69) is 10.1 Å². The van der Waals surface area contributed by atoms with Crippen LogP contribution in [0.4, 0.5) is 11.5 Å². The average molecular weight is 477 g/mol. The van der Waals surface area contributed by atoms with Crippen LogP contribution in [0.2, 0.25) is 0 Å². The summed E-state index contributed by atoms with van der Waals surface area (Å²) in [5, 5.41) is 4.37. The first-order valence-corrected chi connectivity index (χ1v) is 11.5. The van der Waals surface area contributed by atoms with Gasteiger partial charge in [-0.15, -0.1) is 0 Å². The maximum Gasteiger partial charge on any atom is 0.330 e. The number of aryl methyl sites for hydroxylation is 1. The highest BCUT2D eigenvalue weighted by molar-refractivity contribution is 5.95. The van der Waals surface area contributed by atoms with Crippen LogP contribution in [0.25, 0.3) is 5.69 Å². The van der Waals surface area contributed by atoms with Crippen LogP contribution in [0.15, 0.2) is 75.1 Å². The Morgan fingerprint density at radius 3 is 2.69 bits per heavy atom. The summed E-state index contributed by atoms with van der Waals surface area (Å²) >= 11 is 0. The molecule has 0 aliphatic carbocycles. The van der Waals surface area contributed by atoms with E-state index in [9.17, 15) is 14.4 Å². The van der Waals surface area contributed by atoms with Crippen molar-refractivity contribution >= 4 is 17.4 Å². The molecule has 0 spiro atoms. The number of carbonyl (C=O) groups excluding carboxylic acids is 1. The lowest BCUT2D eigenvalue weighted by molar-refractivity contribution is -0.118. The molecule has 1 aromatic carbocycles. The second-order valence-corrected chi connectivity index (χ2v) is 8.19. The topological polar surface area (TPSA) is 132 Å². The van der Waals surface area contributed by atoms with Gasteiger partial charge in [-0.05, 0) is 42.7 Å². The van der Waals surface area contributed by atoms with Gasteiger partial charge in [-0.2, -0.15) is 5.10 Å². The SMILES string of the molecule is CCCCn1c(N)c(N(Cc2ccco2)C(=O)CCc2cnn(-c3ccccc3)c2)c(=O)[nH]c1=O. The summed E-state index contributed by atoms with van der Waals surface area (Å²) in [7, 11) is 0. The third kappa shape index (κ3) is 5.43. The average Bonchev–Trinajstić information content (AvgIpc) is 3.54. The van der Waals surface area contributed by atoms with E-state index in [-0.39, 0.29) is 30.4 Å². The summed E-state index contributed by atoms with van der Waals surface area (Å²) in [6, 6.07) is 13.1. The molecule has 10 nitrogen and oxygen atoms in total. The second kappa shape index (κ2) is 10.7. The third-order valence-electron chi connectivity index (χ3n) is 5.70. The maximum atomic E-state index is 13.4. The maximum absolute atomic E-state index is 13.4. The van der Waals surface area contributed by atoms with Gasteiger partial charge >= 0.3 is 5.69 Å². The summed E-state index contributed by atoms with van der Waals surface area (Å²) in [5.74, 6) is 0.121. The number of amides is 1. The fourth-order valence-electron chi connectivity index (χ4n) is 3.82. The van der Waals surface area contributed by atoms with Crippen LogP contribution >= 0.6 is 0 Å². The second-order valence-electron chi connectivity index (χ2n) is 8.19. The predicted molar refractivity (Wildman–Crippen MR) is 132 cm³/mol. The van der Waals surface area contributed by atoms with Crippen molar-refractivity contribution in [2.45, 2.75) is 45.7 Å². The highest BCUT2D eigenvalue weighted by Crippen LogP contribution is 2.22. The molecule has 4 rings (SSSR count). The van der Waals surface area contributed by atoms with Crippen LogP contribution in [-0.4, -0.2) is 25.2 Å². The van der Waals surface area contributed by atoms with Crippen molar-refractivity contribution < 1.29 is 9.21 Å². The molecule has 3 aromatic heterocycles. The summed E-state index contributed by atoms with van der Waals surface area (Å²) < 4.78 is 8.46. The molecule has 0 saturated carbocycles. The smallest absolute Gasteiger partial charge is 0.330 e. The number of rotatable bonds is 10. The van der Waals surface area contributed by atoms with Crippen LogP contribution < -0.4 is 21.9 Å². The Balaban J connectivity index is 1.60. The van der Waals surface area contributed by atoms with E-state index in [0.717, 1.165) is 17.7 Å². The standard InChI is InChI=1S/C25H28N6O4/c1-2-3-13-29-23(26)22(24(33)28-25(29)34)30(17-20-10-7-14-35-20)21(32)12-11-18-15-27-31(16-18)19-8-5-4-6-9-19/h4-10,14-16H,2-3,11-13,17,26H2,1H3,(H,28,33,34). The summed E-state index contributed by atoms with van der Waals surface area (Å²) in [5.41, 5.74) is 6.70. The predicted octanol–water partition coefficient (Wildman–Crippen LogP) is 2.86. The van der Waals surface area contributed by atoms with Crippen molar-refractivity contribution in [3.05, 3.63) is 93.3 Å². The lowest BCUT2D eigenvalue weighted by Gasteiger charge is -2.23. The van der Waals surface area contributed by atoms with Gasteiger partial charge in [0.25, 0.3) is 5.56 Å². The molecule has 0 fully saturated rings. The Hall–Kier alpha value is -4.34. The molecule has 0 atom stereocenters. The molecule has 35 heavy (non-hydrogen) atoms. The summed E-state index contributed by atoms with van der Waals surface area (Å²) in [4.78, 5) is 42.1. The molecule has 0 aliphatic rings. The number of nitrogens with two attached hydrogens (primary N) is 1. The number of benzene rings is 1. The minimum Gasteiger partial charge on any atom is -0.467 e. The molecule has 1 amide bonds. The number of H-pyrrole nitrogens is 1.